The fourth-order valence-corrected chi connectivity index (χ4v) is 2.62. The van der Waals surface area contributed by atoms with Crippen LogP contribution in [0.3, 0.4) is 0 Å². The van der Waals surface area contributed by atoms with Crippen molar-refractivity contribution in [2.75, 3.05) is 7.11 Å². The highest BCUT2D eigenvalue weighted by Gasteiger charge is 2.25. The van der Waals surface area contributed by atoms with Gasteiger partial charge in [0.15, 0.2) is 5.78 Å². The van der Waals surface area contributed by atoms with E-state index in [-0.39, 0.29) is 5.78 Å². The van der Waals surface area contributed by atoms with E-state index in [0.29, 0.717) is 18.3 Å². The van der Waals surface area contributed by atoms with E-state index in [2.05, 4.69) is 13.8 Å². The molecule has 0 amide bonds. The molecule has 0 aromatic heterocycles. The Morgan fingerprint density at radius 1 is 1.35 bits per heavy atom. The van der Waals surface area contributed by atoms with Gasteiger partial charge in [-0.1, -0.05) is 26.0 Å². The van der Waals surface area contributed by atoms with Gasteiger partial charge in [0.25, 0.3) is 0 Å². The molecular formula is C15H20O2. The summed E-state index contributed by atoms with van der Waals surface area (Å²) < 4.78 is 5.36. The lowest BCUT2D eigenvalue weighted by Gasteiger charge is -2.16. The molecule has 1 unspecified atom stereocenters. The number of fused-ring (bicyclic) bond motifs is 1. The third-order valence-electron chi connectivity index (χ3n) is 3.81. The summed E-state index contributed by atoms with van der Waals surface area (Å²) in [7, 11) is 1.67. The number of Topliss-reactive ketones (excluding diaryl/α,β-unsaturated/α-hetero) is 1. The minimum atomic E-state index is 0.273. The Morgan fingerprint density at radius 2 is 2.12 bits per heavy atom. The number of hydrogen-bond acceptors (Lipinski definition) is 2. The Morgan fingerprint density at radius 3 is 2.76 bits per heavy atom. The number of hydrogen-bond donors (Lipinski definition) is 0. The van der Waals surface area contributed by atoms with Gasteiger partial charge in [0.05, 0.1) is 7.11 Å². The second kappa shape index (κ2) is 4.91. The first-order chi connectivity index (χ1) is 8.13. The van der Waals surface area contributed by atoms with Crippen LogP contribution in [0.25, 0.3) is 0 Å². The Balaban J connectivity index is 2.37. The molecule has 0 radical (unpaired) electrons. The zero-order chi connectivity index (χ0) is 12.4. The standard InChI is InChI=1S/C15H20O2/c1-10(2)11-7-8-13-12(14(16)9-11)5-4-6-15(13)17-3/h4-6,10-11H,7-9H2,1-3H3. The van der Waals surface area contributed by atoms with Gasteiger partial charge in [0.2, 0.25) is 0 Å². The summed E-state index contributed by atoms with van der Waals surface area (Å²) in [5, 5.41) is 0. The van der Waals surface area contributed by atoms with Crippen LogP contribution in [0.4, 0.5) is 0 Å². The van der Waals surface area contributed by atoms with Gasteiger partial charge < -0.3 is 4.74 Å². The topological polar surface area (TPSA) is 26.3 Å². The summed E-state index contributed by atoms with van der Waals surface area (Å²) in [6.45, 7) is 4.40. The molecule has 0 heterocycles. The van der Waals surface area contributed by atoms with Gasteiger partial charge in [-0.05, 0) is 30.7 Å². The van der Waals surface area contributed by atoms with Crippen LogP contribution >= 0.6 is 0 Å². The zero-order valence-electron chi connectivity index (χ0n) is 10.8. The highest BCUT2D eigenvalue weighted by molar-refractivity contribution is 5.98. The van der Waals surface area contributed by atoms with E-state index in [4.69, 9.17) is 4.74 Å². The first-order valence-electron chi connectivity index (χ1n) is 6.32. The van der Waals surface area contributed by atoms with E-state index in [9.17, 15) is 4.79 Å². The summed E-state index contributed by atoms with van der Waals surface area (Å²) in [6, 6.07) is 5.79. The molecule has 0 bridgehead atoms. The third kappa shape index (κ3) is 2.36. The maximum Gasteiger partial charge on any atom is 0.163 e. The quantitative estimate of drug-likeness (QED) is 0.730. The summed E-state index contributed by atoms with van der Waals surface area (Å²) in [5.74, 6) is 2.20. The molecule has 1 aromatic rings. The molecule has 0 N–H and O–H groups in total. The SMILES string of the molecule is COc1cccc2c1CCC(C(C)C)CC2=O. The van der Waals surface area contributed by atoms with Gasteiger partial charge in [-0.2, -0.15) is 0 Å². The lowest BCUT2D eigenvalue weighted by molar-refractivity contribution is 0.0951. The van der Waals surface area contributed by atoms with Crippen LogP contribution in [0, 0.1) is 11.8 Å². The first-order valence-corrected chi connectivity index (χ1v) is 6.32. The monoisotopic (exact) mass is 232 g/mol. The molecule has 0 spiro atoms. The minimum absolute atomic E-state index is 0.273. The van der Waals surface area contributed by atoms with Gasteiger partial charge in [-0.25, -0.2) is 0 Å². The highest BCUT2D eigenvalue weighted by Crippen LogP contribution is 2.33. The summed E-state index contributed by atoms with van der Waals surface area (Å²) in [6.07, 6.45) is 2.71. The predicted octanol–water partition coefficient (Wildman–Crippen LogP) is 3.49. The summed E-state index contributed by atoms with van der Waals surface area (Å²) in [4.78, 5) is 12.2. The molecule has 0 saturated carbocycles. The van der Waals surface area contributed by atoms with Crippen molar-refractivity contribution in [3.8, 4) is 5.75 Å². The van der Waals surface area contributed by atoms with Crippen molar-refractivity contribution in [3.63, 3.8) is 0 Å². The van der Waals surface area contributed by atoms with E-state index in [1.165, 1.54) is 0 Å². The van der Waals surface area contributed by atoms with E-state index in [1.54, 1.807) is 7.11 Å². The van der Waals surface area contributed by atoms with Gasteiger partial charge >= 0.3 is 0 Å². The number of rotatable bonds is 2. The lowest BCUT2D eigenvalue weighted by atomic mass is 9.88. The molecule has 1 aliphatic rings. The molecule has 0 fully saturated rings. The maximum absolute atomic E-state index is 12.2. The van der Waals surface area contributed by atoms with Crippen molar-refractivity contribution >= 4 is 5.78 Å². The smallest absolute Gasteiger partial charge is 0.163 e. The van der Waals surface area contributed by atoms with Crippen LogP contribution in [0.5, 0.6) is 5.75 Å². The van der Waals surface area contributed by atoms with Crippen LogP contribution in [0.1, 0.15) is 42.6 Å². The molecule has 1 aromatic carbocycles. The molecule has 2 nitrogen and oxygen atoms in total. The van der Waals surface area contributed by atoms with Crippen molar-refractivity contribution in [3.05, 3.63) is 29.3 Å². The second-order valence-corrected chi connectivity index (χ2v) is 5.16. The molecule has 92 valence electrons. The number of methoxy groups -OCH3 is 1. The maximum atomic E-state index is 12.2. The van der Waals surface area contributed by atoms with Crippen molar-refractivity contribution in [1.82, 2.24) is 0 Å². The second-order valence-electron chi connectivity index (χ2n) is 5.16. The highest BCUT2D eigenvalue weighted by atomic mass is 16.5. The van der Waals surface area contributed by atoms with Crippen molar-refractivity contribution < 1.29 is 9.53 Å². The average Bonchev–Trinajstić information content (AvgIpc) is 2.49. The predicted molar refractivity (Wildman–Crippen MR) is 68.6 cm³/mol. The Labute approximate surface area is 103 Å². The van der Waals surface area contributed by atoms with Crippen molar-refractivity contribution in [1.29, 1.82) is 0 Å². The molecule has 17 heavy (non-hydrogen) atoms. The minimum Gasteiger partial charge on any atom is -0.496 e. The Kier molecular flexibility index (Phi) is 3.51. The number of ether oxygens (including phenoxy) is 1. The van der Waals surface area contributed by atoms with Crippen LogP contribution in [0.15, 0.2) is 18.2 Å². The molecule has 2 heteroatoms. The average molecular weight is 232 g/mol. The van der Waals surface area contributed by atoms with E-state index < -0.39 is 0 Å². The fourth-order valence-electron chi connectivity index (χ4n) is 2.62. The normalized spacial score (nSPS) is 20.0. The lowest BCUT2D eigenvalue weighted by Crippen LogP contribution is -2.12. The van der Waals surface area contributed by atoms with E-state index >= 15 is 0 Å². The number of carbonyl (C=O) groups excluding carboxylic acids is 1. The van der Waals surface area contributed by atoms with E-state index in [0.717, 1.165) is 29.7 Å². The van der Waals surface area contributed by atoms with Crippen LogP contribution in [-0.2, 0) is 6.42 Å². The Bertz CT molecular complexity index is 421. The van der Waals surface area contributed by atoms with Crippen molar-refractivity contribution in [2.24, 2.45) is 11.8 Å². The number of carbonyl (C=O) groups is 1. The first kappa shape index (κ1) is 12.2. The van der Waals surface area contributed by atoms with Crippen LogP contribution in [-0.4, -0.2) is 12.9 Å². The molecular weight excluding hydrogens is 212 g/mol. The van der Waals surface area contributed by atoms with Crippen molar-refractivity contribution in [2.45, 2.75) is 33.1 Å². The molecule has 1 aliphatic carbocycles. The van der Waals surface area contributed by atoms with Crippen LogP contribution in [0.2, 0.25) is 0 Å². The summed E-state index contributed by atoms with van der Waals surface area (Å²) >= 11 is 0. The molecule has 1 atom stereocenters. The largest absolute Gasteiger partial charge is 0.496 e. The van der Waals surface area contributed by atoms with Gasteiger partial charge in [0.1, 0.15) is 5.75 Å². The fraction of sp³-hybridized carbons (Fsp3) is 0.533. The molecule has 0 aliphatic heterocycles. The van der Waals surface area contributed by atoms with E-state index in [1.807, 2.05) is 18.2 Å². The van der Waals surface area contributed by atoms with Gasteiger partial charge in [-0.3, -0.25) is 4.79 Å². The number of benzene rings is 1. The van der Waals surface area contributed by atoms with Gasteiger partial charge in [0, 0.05) is 17.5 Å². The van der Waals surface area contributed by atoms with Gasteiger partial charge in [-0.15, -0.1) is 0 Å². The zero-order valence-corrected chi connectivity index (χ0v) is 10.8. The Hall–Kier alpha value is -1.31. The molecule has 2 rings (SSSR count). The summed E-state index contributed by atoms with van der Waals surface area (Å²) in [5.41, 5.74) is 1.97. The van der Waals surface area contributed by atoms with Crippen LogP contribution < -0.4 is 4.74 Å². The molecule has 0 saturated heterocycles. The third-order valence-corrected chi connectivity index (χ3v) is 3.81. The number of ketones is 1.